The van der Waals surface area contributed by atoms with E-state index in [2.05, 4.69) is 20.9 Å². The Kier molecular flexibility index (Phi) is 6.60. The third-order valence-corrected chi connectivity index (χ3v) is 5.34. The number of nitrogens with one attached hydrogen (secondary N) is 1. The molecule has 0 spiro atoms. The van der Waals surface area contributed by atoms with Gasteiger partial charge in [-0.15, -0.1) is 12.4 Å². The molecular weight excluding hydrogens is 374 g/mol. The average molecular weight is 400 g/mol. The van der Waals surface area contributed by atoms with Gasteiger partial charge in [-0.1, -0.05) is 30.3 Å². The summed E-state index contributed by atoms with van der Waals surface area (Å²) >= 11 is 0. The van der Waals surface area contributed by atoms with Gasteiger partial charge in [-0.2, -0.15) is 0 Å². The Hall–Kier alpha value is -2.50. The molecule has 1 N–H and O–H groups in total. The van der Waals surface area contributed by atoms with E-state index in [1.165, 1.54) is 0 Å². The summed E-state index contributed by atoms with van der Waals surface area (Å²) < 4.78 is 5.48. The number of fused-ring (bicyclic) bond motifs is 1. The Balaban J connectivity index is 0.00000225. The van der Waals surface area contributed by atoms with E-state index < -0.39 is 0 Å². The molecule has 28 heavy (non-hydrogen) atoms. The highest BCUT2D eigenvalue weighted by Gasteiger charge is 2.20. The molecule has 0 amide bonds. The summed E-state index contributed by atoms with van der Waals surface area (Å²) in [7, 11) is 1.71. The Morgan fingerprint density at radius 3 is 2.54 bits per heavy atom. The lowest BCUT2D eigenvalue weighted by atomic mass is 10.1. The molecule has 6 heteroatoms. The number of aromatic amines is 1. The molecular formula is C22H26ClN3O2. The van der Waals surface area contributed by atoms with Gasteiger partial charge in [0.15, 0.2) is 5.78 Å². The zero-order valence-corrected chi connectivity index (χ0v) is 16.9. The van der Waals surface area contributed by atoms with Crippen LogP contribution in [0, 0.1) is 0 Å². The molecule has 3 aromatic rings. The van der Waals surface area contributed by atoms with Gasteiger partial charge in [0.25, 0.3) is 0 Å². The van der Waals surface area contributed by atoms with Crippen LogP contribution in [-0.4, -0.2) is 55.5 Å². The van der Waals surface area contributed by atoms with Gasteiger partial charge in [-0.05, 0) is 18.2 Å². The molecule has 5 nitrogen and oxygen atoms in total. The summed E-state index contributed by atoms with van der Waals surface area (Å²) in [5.74, 6) is 1.13. The highest BCUT2D eigenvalue weighted by Crippen LogP contribution is 2.28. The number of ketones is 1. The van der Waals surface area contributed by atoms with E-state index in [0.29, 0.717) is 6.42 Å². The number of ether oxygens (including phenoxy) is 1. The number of hydrogen-bond acceptors (Lipinski definition) is 4. The van der Waals surface area contributed by atoms with Crippen LogP contribution in [0.4, 0.5) is 5.69 Å². The molecule has 2 aromatic carbocycles. The van der Waals surface area contributed by atoms with E-state index in [1.54, 1.807) is 7.11 Å². The van der Waals surface area contributed by atoms with Crippen LogP contribution in [0.2, 0.25) is 0 Å². The fraction of sp³-hybridized carbons (Fsp3) is 0.318. The first-order valence-corrected chi connectivity index (χ1v) is 9.46. The summed E-state index contributed by atoms with van der Waals surface area (Å²) in [5, 5.41) is 1.02. The Morgan fingerprint density at radius 1 is 1.04 bits per heavy atom. The van der Waals surface area contributed by atoms with Crippen molar-refractivity contribution in [2.75, 3.05) is 44.7 Å². The number of para-hydroxylation sites is 3. The van der Waals surface area contributed by atoms with Crippen molar-refractivity contribution in [2.24, 2.45) is 0 Å². The molecule has 0 radical (unpaired) electrons. The molecule has 2 heterocycles. The van der Waals surface area contributed by atoms with Gasteiger partial charge in [0.05, 0.1) is 12.8 Å². The minimum absolute atomic E-state index is 0. The maximum atomic E-state index is 12.7. The SMILES string of the molecule is COc1ccccc1N1CCN(CCC(=O)c2c[nH]c3ccccc23)CC1.Cl. The number of anilines is 1. The van der Waals surface area contributed by atoms with Crippen molar-refractivity contribution in [3.63, 3.8) is 0 Å². The molecule has 1 aliphatic heterocycles. The Labute approximate surface area is 171 Å². The van der Waals surface area contributed by atoms with Crippen molar-refractivity contribution in [3.05, 3.63) is 60.3 Å². The minimum atomic E-state index is 0. The second kappa shape index (κ2) is 9.13. The number of hydrogen-bond donors (Lipinski definition) is 1. The van der Waals surface area contributed by atoms with Crippen LogP contribution in [0.3, 0.4) is 0 Å². The molecule has 1 aromatic heterocycles. The number of methoxy groups -OCH3 is 1. The van der Waals surface area contributed by atoms with Crippen molar-refractivity contribution in [2.45, 2.75) is 6.42 Å². The summed E-state index contributed by atoms with van der Waals surface area (Å²) in [5.41, 5.74) is 2.97. The number of halogens is 1. The van der Waals surface area contributed by atoms with Crippen molar-refractivity contribution in [1.82, 2.24) is 9.88 Å². The summed E-state index contributed by atoms with van der Waals surface area (Å²) in [6.07, 6.45) is 2.39. The van der Waals surface area contributed by atoms with Gasteiger partial charge in [0, 0.05) is 61.8 Å². The number of Topliss-reactive ketones (excluding diaryl/α,β-unsaturated/α-hetero) is 1. The van der Waals surface area contributed by atoms with E-state index in [0.717, 1.165) is 60.6 Å². The van der Waals surface area contributed by atoms with Crippen LogP contribution in [0.25, 0.3) is 10.9 Å². The quantitative estimate of drug-likeness (QED) is 0.636. The molecule has 0 saturated carbocycles. The normalized spacial score (nSPS) is 14.7. The smallest absolute Gasteiger partial charge is 0.166 e. The third kappa shape index (κ3) is 4.16. The molecule has 4 rings (SSSR count). The number of aromatic nitrogens is 1. The molecule has 0 unspecified atom stereocenters. The van der Waals surface area contributed by atoms with Gasteiger partial charge < -0.3 is 14.6 Å². The average Bonchev–Trinajstić information content (AvgIpc) is 3.17. The van der Waals surface area contributed by atoms with E-state index >= 15 is 0 Å². The topological polar surface area (TPSA) is 48.6 Å². The largest absolute Gasteiger partial charge is 0.495 e. The number of rotatable bonds is 6. The summed E-state index contributed by atoms with van der Waals surface area (Å²) in [6, 6.07) is 16.1. The van der Waals surface area contributed by atoms with Gasteiger partial charge >= 0.3 is 0 Å². The van der Waals surface area contributed by atoms with Crippen molar-refractivity contribution < 1.29 is 9.53 Å². The van der Waals surface area contributed by atoms with Gasteiger partial charge in [0.2, 0.25) is 0 Å². The van der Waals surface area contributed by atoms with E-state index in [9.17, 15) is 4.79 Å². The standard InChI is InChI=1S/C22H25N3O2.ClH/c1-27-22-9-5-4-8-20(22)25-14-12-24(13-15-25)11-10-21(26)18-16-23-19-7-3-2-6-17(18)19;/h2-9,16,23H,10-15H2,1H3;1H. The minimum Gasteiger partial charge on any atom is -0.495 e. The first-order chi connectivity index (χ1) is 13.3. The van der Waals surface area contributed by atoms with Crippen molar-refractivity contribution >= 4 is 34.8 Å². The van der Waals surface area contributed by atoms with Crippen LogP contribution in [0.15, 0.2) is 54.7 Å². The summed E-state index contributed by atoms with van der Waals surface area (Å²) in [6.45, 7) is 4.61. The van der Waals surface area contributed by atoms with Gasteiger partial charge in [-0.25, -0.2) is 0 Å². The first kappa shape index (κ1) is 20.2. The lowest BCUT2D eigenvalue weighted by Crippen LogP contribution is -2.47. The number of piperazine rings is 1. The second-order valence-corrected chi connectivity index (χ2v) is 6.92. The van der Waals surface area contributed by atoms with Crippen molar-refractivity contribution in [1.29, 1.82) is 0 Å². The van der Waals surface area contributed by atoms with Crippen LogP contribution in [0.5, 0.6) is 5.75 Å². The first-order valence-electron chi connectivity index (χ1n) is 9.46. The monoisotopic (exact) mass is 399 g/mol. The number of H-pyrrole nitrogens is 1. The third-order valence-electron chi connectivity index (χ3n) is 5.34. The predicted octanol–water partition coefficient (Wildman–Crippen LogP) is 3.99. The number of nitrogens with zero attached hydrogens (tertiary/aromatic N) is 2. The maximum absolute atomic E-state index is 12.7. The van der Waals surface area contributed by atoms with Crippen LogP contribution in [0.1, 0.15) is 16.8 Å². The molecule has 1 aliphatic rings. The second-order valence-electron chi connectivity index (χ2n) is 6.92. The zero-order valence-electron chi connectivity index (χ0n) is 16.1. The molecule has 1 fully saturated rings. The van der Waals surface area contributed by atoms with E-state index in [-0.39, 0.29) is 18.2 Å². The van der Waals surface area contributed by atoms with E-state index in [4.69, 9.17) is 4.74 Å². The predicted molar refractivity (Wildman–Crippen MR) is 116 cm³/mol. The molecule has 0 aliphatic carbocycles. The van der Waals surface area contributed by atoms with Crippen LogP contribution >= 0.6 is 12.4 Å². The summed E-state index contributed by atoms with van der Waals surface area (Å²) in [4.78, 5) is 20.6. The van der Waals surface area contributed by atoms with Crippen molar-refractivity contribution in [3.8, 4) is 5.75 Å². The highest BCUT2D eigenvalue weighted by molar-refractivity contribution is 6.07. The van der Waals surface area contributed by atoms with Gasteiger partial charge in [-0.3, -0.25) is 9.69 Å². The molecule has 1 saturated heterocycles. The fourth-order valence-corrected chi connectivity index (χ4v) is 3.80. The number of carbonyl (C=O) groups excluding carboxylic acids is 1. The molecule has 0 atom stereocenters. The fourth-order valence-electron chi connectivity index (χ4n) is 3.80. The molecule has 0 bridgehead atoms. The number of benzene rings is 2. The number of carbonyl (C=O) groups is 1. The van der Waals surface area contributed by atoms with Crippen LogP contribution < -0.4 is 9.64 Å². The maximum Gasteiger partial charge on any atom is 0.166 e. The highest BCUT2D eigenvalue weighted by atomic mass is 35.5. The molecule has 148 valence electrons. The lowest BCUT2D eigenvalue weighted by molar-refractivity contribution is 0.0964. The zero-order chi connectivity index (χ0) is 18.6. The lowest BCUT2D eigenvalue weighted by Gasteiger charge is -2.36. The van der Waals surface area contributed by atoms with E-state index in [1.807, 2.05) is 48.7 Å². The Bertz CT molecular complexity index is 932. The Morgan fingerprint density at radius 2 is 1.75 bits per heavy atom. The van der Waals surface area contributed by atoms with Crippen LogP contribution in [-0.2, 0) is 0 Å². The van der Waals surface area contributed by atoms with Gasteiger partial charge in [0.1, 0.15) is 5.75 Å².